The first-order valence-corrected chi connectivity index (χ1v) is 9.78. The second kappa shape index (κ2) is 7.63. The molecular weight excluding hydrogens is 416 g/mol. The molecule has 26 heavy (non-hydrogen) atoms. The Morgan fingerprint density at radius 1 is 1.27 bits per heavy atom. The molecule has 1 aromatic heterocycles. The minimum atomic E-state index is -0.257. The zero-order valence-electron chi connectivity index (χ0n) is 14.7. The minimum absolute atomic E-state index is 0.0264. The van der Waals surface area contributed by atoms with Crippen molar-refractivity contribution in [2.75, 3.05) is 11.9 Å². The van der Waals surface area contributed by atoms with Crippen molar-refractivity contribution in [2.45, 2.75) is 19.8 Å². The molecule has 0 unspecified atom stereocenters. The van der Waals surface area contributed by atoms with Crippen LogP contribution in [0.5, 0.6) is 5.75 Å². The number of anilines is 1. The molecule has 0 aliphatic carbocycles. The van der Waals surface area contributed by atoms with Gasteiger partial charge in [-0.1, -0.05) is 31.3 Å². The smallest absolute Gasteiger partial charge is 0.307 e. The predicted molar refractivity (Wildman–Crippen MR) is 109 cm³/mol. The molecule has 0 radical (unpaired) electrons. The Kier molecular flexibility index (Phi) is 5.48. The summed E-state index contributed by atoms with van der Waals surface area (Å²) in [6.07, 6.45) is 0. The number of hydrogen-bond donors (Lipinski definition) is 1. The molecule has 1 amide bonds. The molecular formula is C19H19BrN2O3S. The predicted octanol–water partition coefficient (Wildman–Crippen LogP) is 4.50. The Labute approximate surface area is 163 Å². The van der Waals surface area contributed by atoms with E-state index in [0.717, 1.165) is 26.0 Å². The average molecular weight is 435 g/mol. The van der Waals surface area contributed by atoms with E-state index in [2.05, 4.69) is 35.1 Å². The zero-order valence-corrected chi connectivity index (χ0v) is 17.1. The van der Waals surface area contributed by atoms with E-state index >= 15 is 0 Å². The van der Waals surface area contributed by atoms with Gasteiger partial charge in [0, 0.05) is 12.7 Å². The van der Waals surface area contributed by atoms with Crippen LogP contribution in [0.1, 0.15) is 25.3 Å². The van der Waals surface area contributed by atoms with Crippen molar-refractivity contribution in [1.82, 2.24) is 4.57 Å². The molecule has 1 N–H and O–H groups in total. The average Bonchev–Trinajstić information content (AvgIpc) is 2.87. The van der Waals surface area contributed by atoms with Crippen molar-refractivity contribution < 1.29 is 9.53 Å². The largest absolute Gasteiger partial charge is 0.483 e. The molecule has 5 nitrogen and oxygen atoms in total. The molecule has 136 valence electrons. The van der Waals surface area contributed by atoms with E-state index in [9.17, 15) is 9.59 Å². The van der Waals surface area contributed by atoms with Crippen molar-refractivity contribution in [3.63, 3.8) is 0 Å². The molecule has 7 heteroatoms. The Balaban J connectivity index is 1.65. The van der Waals surface area contributed by atoms with Crippen LogP contribution in [0.4, 0.5) is 5.69 Å². The normalized spacial score (nSPS) is 11.1. The molecule has 0 spiro atoms. The van der Waals surface area contributed by atoms with Gasteiger partial charge in [-0.25, -0.2) is 0 Å². The van der Waals surface area contributed by atoms with Gasteiger partial charge < -0.3 is 14.6 Å². The van der Waals surface area contributed by atoms with Gasteiger partial charge in [-0.15, -0.1) is 0 Å². The number of aryl methyl sites for hydroxylation is 1. The molecule has 0 saturated carbocycles. The second-order valence-electron chi connectivity index (χ2n) is 6.29. The number of ether oxygens (including phenoxy) is 1. The third-order valence-electron chi connectivity index (χ3n) is 4.06. The number of halogens is 1. The summed E-state index contributed by atoms with van der Waals surface area (Å²) < 4.78 is 8.86. The van der Waals surface area contributed by atoms with Crippen molar-refractivity contribution in [1.29, 1.82) is 0 Å². The number of carbonyl (C=O) groups is 1. The number of nitrogens with zero attached hydrogens (tertiary/aromatic N) is 1. The summed E-state index contributed by atoms with van der Waals surface area (Å²) in [6.45, 7) is 4.15. The first-order valence-electron chi connectivity index (χ1n) is 8.17. The number of benzene rings is 2. The van der Waals surface area contributed by atoms with Crippen LogP contribution in [0, 0.1) is 0 Å². The van der Waals surface area contributed by atoms with Gasteiger partial charge in [-0.05, 0) is 57.7 Å². The van der Waals surface area contributed by atoms with Gasteiger partial charge in [0.15, 0.2) is 6.61 Å². The number of amides is 1. The number of hydrogen-bond acceptors (Lipinski definition) is 4. The summed E-state index contributed by atoms with van der Waals surface area (Å²) in [7, 11) is 1.73. The Morgan fingerprint density at radius 2 is 2.04 bits per heavy atom. The van der Waals surface area contributed by atoms with Gasteiger partial charge in [0.2, 0.25) is 0 Å². The van der Waals surface area contributed by atoms with Crippen LogP contribution in [0.3, 0.4) is 0 Å². The van der Waals surface area contributed by atoms with Gasteiger partial charge in [-0.3, -0.25) is 9.59 Å². The highest BCUT2D eigenvalue weighted by atomic mass is 79.9. The number of carbonyl (C=O) groups excluding carboxylic acids is 1. The van der Waals surface area contributed by atoms with E-state index in [1.165, 1.54) is 5.56 Å². The van der Waals surface area contributed by atoms with Crippen LogP contribution in [0.2, 0.25) is 0 Å². The van der Waals surface area contributed by atoms with Gasteiger partial charge in [0.25, 0.3) is 5.91 Å². The Hall–Kier alpha value is -2.12. The van der Waals surface area contributed by atoms with E-state index in [-0.39, 0.29) is 17.4 Å². The fourth-order valence-electron chi connectivity index (χ4n) is 2.55. The first kappa shape index (κ1) is 18.7. The van der Waals surface area contributed by atoms with Crippen molar-refractivity contribution in [3.8, 4) is 5.75 Å². The minimum Gasteiger partial charge on any atom is -0.483 e. The molecule has 3 aromatic rings. The van der Waals surface area contributed by atoms with Crippen LogP contribution in [0.15, 0.2) is 45.7 Å². The van der Waals surface area contributed by atoms with Crippen molar-refractivity contribution in [2.24, 2.45) is 7.05 Å². The van der Waals surface area contributed by atoms with Crippen LogP contribution in [0.25, 0.3) is 10.2 Å². The molecule has 0 bridgehead atoms. The zero-order chi connectivity index (χ0) is 18.8. The number of aromatic nitrogens is 1. The van der Waals surface area contributed by atoms with Crippen LogP contribution >= 0.6 is 27.3 Å². The monoisotopic (exact) mass is 434 g/mol. The molecule has 0 atom stereocenters. The van der Waals surface area contributed by atoms with Crippen LogP contribution in [-0.4, -0.2) is 17.1 Å². The quantitative estimate of drug-likeness (QED) is 0.642. The van der Waals surface area contributed by atoms with Crippen LogP contribution < -0.4 is 14.9 Å². The number of thiazole rings is 1. The lowest BCUT2D eigenvalue weighted by Gasteiger charge is -2.11. The summed E-state index contributed by atoms with van der Waals surface area (Å²) in [4.78, 5) is 23.8. The Bertz CT molecular complexity index is 1020. The first-order chi connectivity index (χ1) is 12.3. The summed E-state index contributed by atoms with van der Waals surface area (Å²) in [5, 5.41) is 2.80. The summed E-state index contributed by atoms with van der Waals surface area (Å²) in [5.74, 6) is 0.793. The van der Waals surface area contributed by atoms with Gasteiger partial charge in [0.05, 0.1) is 14.7 Å². The highest BCUT2D eigenvalue weighted by molar-refractivity contribution is 9.10. The molecule has 0 aliphatic rings. The topological polar surface area (TPSA) is 60.3 Å². The fourth-order valence-corrected chi connectivity index (χ4v) is 3.98. The fraction of sp³-hybridized carbons (Fsp3) is 0.263. The van der Waals surface area contributed by atoms with Gasteiger partial charge in [0.1, 0.15) is 5.75 Å². The summed E-state index contributed by atoms with van der Waals surface area (Å²) in [6, 6.07) is 11.3. The molecule has 2 aromatic carbocycles. The molecule has 0 aliphatic heterocycles. The highest BCUT2D eigenvalue weighted by Gasteiger charge is 2.10. The summed E-state index contributed by atoms with van der Waals surface area (Å²) >= 11 is 4.64. The van der Waals surface area contributed by atoms with E-state index < -0.39 is 0 Å². The SMILES string of the molecule is CC(C)c1ccc(OCC(=O)Nc2ccc3c(c2)sc(=O)n3C)c(Br)c1. The van der Waals surface area contributed by atoms with E-state index in [0.29, 0.717) is 17.4 Å². The molecule has 0 fully saturated rings. The second-order valence-corrected chi connectivity index (χ2v) is 8.14. The molecule has 3 rings (SSSR count). The van der Waals surface area contributed by atoms with Crippen molar-refractivity contribution >= 4 is 49.1 Å². The van der Waals surface area contributed by atoms with Crippen LogP contribution in [-0.2, 0) is 11.8 Å². The highest BCUT2D eigenvalue weighted by Crippen LogP contribution is 2.29. The Morgan fingerprint density at radius 3 is 2.73 bits per heavy atom. The lowest BCUT2D eigenvalue weighted by atomic mass is 10.0. The third-order valence-corrected chi connectivity index (χ3v) is 5.67. The maximum atomic E-state index is 12.2. The molecule has 0 saturated heterocycles. The van der Waals surface area contributed by atoms with E-state index in [1.54, 1.807) is 23.7 Å². The van der Waals surface area contributed by atoms with Gasteiger partial charge >= 0.3 is 4.87 Å². The molecule has 1 heterocycles. The van der Waals surface area contributed by atoms with Gasteiger partial charge in [-0.2, -0.15) is 0 Å². The summed E-state index contributed by atoms with van der Waals surface area (Å²) in [5.41, 5.74) is 2.69. The lowest BCUT2D eigenvalue weighted by molar-refractivity contribution is -0.118. The lowest BCUT2D eigenvalue weighted by Crippen LogP contribution is -2.20. The third kappa shape index (κ3) is 3.99. The maximum absolute atomic E-state index is 12.2. The number of nitrogens with one attached hydrogen (secondary N) is 1. The number of fused-ring (bicyclic) bond motifs is 1. The maximum Gasteiger partial charge on any atom is 0.307 e. The standard InChI is InChI=1S/C19H19BrN2O3S/c1-11(2)12-4-7-16(14(20)8-12)25-10-18(23)21-13-5-6-15-17(9-13)26-19(24)22(15)3/h4-9,11H,10H2,1-3H3,(H,21,23). The van der Waals surface area contributed by atoms with E-state index in [1.807, 2.05) is 24.3 Å². The van der Waals surface area contributed by atoms with Crippen molar-refractivity contribution in [3.05, 3.63) is 56.1 Å². The number of rotatable bonds is 5. The van der Waals surface area contributed by atoms with E-state index in [4.69, 9.17) is 4.74 Å².